The van der Waals surface area contributed by atoms with Crippen LogP contribution in [0.1, 0.15) is 76.0 Å². The second kappa shape index (κ2) is 13.1. The summed E-state index contributed by atoms with van der Waals surface area (Å²) in [6.45, 7) is 4.86. The van der Waals surface area contributed by atoms with Crippen molar-refractivity contribution in [2.45, 2.75) is 71.3 Å². The van der Waals surface area contributed by atoms with Gasteiger partial charge in [-0.2, -0.15) is 0 Å². The summed E-state index contributed by atoms with van der Waals surface area (Å²) in [6.07, 6.45) is 11.9. The summed E-state index contributed by atoms with van der Waals surface area (Å²) in [5, 5.41) is 0. The van der Waals surface area contributed by atoms with Crippen LogP contribution in [0.15, 0.2) is 66.7 Å². The van der Waals surface area contributed by atoms with Crippen molar-refractivity contribution < 1.29 is 17.9 Å². The highest BCUT2D eigenvalue weighted by Crippen LogP contribution is 2.35. The van der Waals surface area contributed by atoms with E-state index in [9.17, 15) is 8.78 Å². The maximum absolute atomic E-state index is 15.1. The second-order valence-corrected chi connectivity index (χ2v) is 10.1. The molecule has 0 radical (unpaired) electrons. The Bertz CT molecular complexity index is 1190. The summed E-state index contributed by atoms with van der Waals surface area (Å²) >= 11 is 0. The lowest BCUT2D eigenvalue weighted by Gasteiger charge is -2.29. The van der Waals surface area contributed by atoms with Gasteiger partial charge in [-0.1, -0.05) is 86.9 Å². The highest BCUT2D eigenvalue weighted by molar-refractivity contribution is 5.71. The molecule has 0 amide bonds. The van der Waals surface area contributed by atoms with Crippen molar-refractivity contribution in [2.75, 3.05) is 6.61 Å². The summed E-state index contributed by atoms with van der Waals surface area (Å²) < 4.78 is 50.6. The Morgan fingerprint density at radius 2 is 1.59 bits per heavy atom. The maximum Gasteiger partial charge on any atom is 0.166 e. The molecule has 2 unspecified atom stereocenters. The molecule has 196 valence electrons. The fourth-order valence-corrected chi connectivity index (χ4v) is 5.19. The van der Waals surface area contributed by atoms with Gasteiger partial charge in [-0.15, -0.1) is 0 Å². The van der Waals surface area contributed by atoms with Gasteiger partial charge in [-0.3, -0.25) is 0 Å². The lowest BCUT2D eigenvalue weighted by Crippen LogP contribution is -2.20. The van der Waals surface area contributed by atoms with Gasteiger partial charge in [0.15, 0.2) is 11.6 Å². The van der Waals surface area contributed by atoms with Gasteiger partial charge in [-0.05, 0) is 73.3 Å². The molecular formula is C33H37F3O. The maximum atomic E-state index is 15.1. The summed E-state index contributed by atoms with van der Waals surface area (Å²) in [4.78, 5) is 0. The molecule has 4 rings (SSSR count). The Morgan fingerprint density at radius 1 is 0.865 bits per heavy atom. The van der Waals surface area contributed by atoms with Gasteiger partial charge in [-0.25, -0.2) is 13.2 Å². The number of unbranched alkanes of at least 4 members (excludes halogenated alkanes) is 2. The van der Waals surface area contributed by atoms with E-state index < -0.39 is 11.6 Å². The van der Waals surface area contributed by atoms with Crippen molar-refractivity contribution in [2.24, 2.45) is 5.92 Å². The molecule has 3 aromatic rings. The molecular weight excluding hydrogens is 469 g/mol. The zero-order valence-corrected chi connectivity index (χ0v) is 21.9. The number of rotatable bonds is 10. The van der Waals surface area contributed by atoms with Crippen LogP contribution < -0.4 is 0 Å². The number of benzene rings is 3. The fraction of sp³-hybridized carbons (Fsp3) is 0.394. The van der Waals surface area contributed by atoms with Gasteiger partial charge in [0.2, 0.25) is 0 Å². The molecule has 0 bridgehead atoms. The van der Waals surface area contributed by atoms with Crippen molar-refractivity contribution in [3.8, 4) is 22.3 Å². The van der Waals surface area contributed by atoms with E-state index in [1.807, 2.05) is 25.1 Å². The van der Waals surface area contributed by atoms with Crippen LogP contribution in [0.5, 0.6) is 0 Å². The van der Waals surface area contributed by atoms with Crippen LogP contribution >= 0.6 is 0 Å². The average molecular weight is 507 g/mol. The molecule has 37 heavy (non-hydrogen) atoms. The van der Waals surface area contributed by atoms with Crippen molar-refractivity contribution >= 4 is 0 Å². The standard InChI is InChI=1S/C33H37F3O/c1-3-5-7-9-23-11-20-31(37-22-23)27-17-18-28(30(34)21-27)24-12-14-25(15-13-24)29-19-16-26(10-8-6-4-2)32(35)33(29)36/h4,6,12-19,21,23,31H,3,5,7-11,20,22H2,1-2H3/b6-4+. The zero-order valence-electron chi connectivity index (χ0n) is 21.9. The molecule has 0 saturated carbocycles. The van der Waals surface area contributed by atoms with Crippen molar-refractivity contribution in [1.82, 2.24) is 0 Å². The van der Waals surface area contributed by atoms with Crippen LogP contribution in [0.3, 0.4) is 0 Å². The monoisotopic (exact) mass is 506 g/mol. The van der Waals surface area contributed by atoms with Gasteiger partial charge >= 0.3 is 0 Å². The van der Waals surface area contributed by atoms with Crippen molar-refractivity contribution in [3.05, 3.63) is 95.3 Å². The molecule has 1 aliphatic rings. The van der Waals surface area contributed by atoms with Crippen LogP contribution in [0.4, 0.5) is 13.2 Å². The first kappa shape index (κ1) is 27.2. The van der Waals surface area contributed by atoms with Gasteiger partial charge in [0.1, 0.15) is 5.82 Å². The molecule has 3 aromatic carbocycles. The van der Waals surface area contributed by atoms with Crippen molar-refractivity contribution in [1.29, 1.82) is 0 Å². The minimum atomic E-state index is -0.846. The van der Waals surface area contributed by atoms with E-state index in [0.29, 0.717) is 41.0 Å². The number of hydrogen-bond donors (Lipinski definition) is 0. The van der Waals surface area contributed by atoms with E-state index >= 15 is 4.39 Å². The van der Waals surface area contributed by atoms with Crippen LogP contribution in [0, 0.1) is 23.4 Å². The molecule has 2 atom stereocenters. The third kappa shape index (κ3) is 6.73. The first-order valence-corrected chi connectivity index (χ1v) is 13.6. The molecule has 1 saturated heterocycles. The summed E-state index contributed by atoms with van der Waals surface area (Å²) in [6, 6.07) is 15.5. The molecule has 4 heteroatoms. The first-order chi connectivity index (χ1) is 18.0. The third-order valence-corrected chi connectivity index (χ3v) is 7.44. The SMILES string of the molecule is C/C=C/CCc1ccc(-c2ccc(-c3ccc(C4CCC(CCCCC)CO4)cc3F)cc2)c(F)c1F. The van der Waals surface area contributed by atoms with E-state index in [2.05, 4.69) is 6.92 Å². The molecule has 0 N–H and O–H groups in total. The number of ether oxygens (including phenoxy) is 1. The Morgan fingerprint density at radius 3 is 2.24 bits per heavy atom. The lowest BCUT2D eigenvalue weighted by atomic mass is 9.90. The Hall–Kier alpha value is -2.85. The quantitative estimate of drug-likeness (QED) is 0.196. The molecule has 0 aliphatic carbocycles. The smallest absolute Gasteiger partial charge is 0.166 e. The lowest BCUT2D eigenvalue weighted by molar-refractivity contribution is -0.0200. The van der Waals surface area contributed by atoms with E-state index in [4.69, 9.17) is 4.74 Å². The number of halogens is 3. The van der Waals surface area contributed by atoms with Crippen LogP contribution in [0.2, 0.25) is 0 Å². The first-order valence-electron chi connectivity index (χ1n) is 13.6. The Kier molecular flexibility index (Phi) is 9.62. The molecule has 1 aliphatic heterocycles. The number of hydrogen-bond acceptors (Lipinski definition) is 1. The summed E-state index contributed by atoms with van der Waals surface area (Å²) in [5.41, 5.74) is 3.18. The van der Waals surface area contributed by atoms with E-state index in [0.717, 1.165) is 25.0 Å². The van der Waals surface area contributed by atoms with Crippen molar-refractivity contribution in [3.63, 3.8) is 0 Å². The second-order valence-electron chi connectivity index (χ2n) is 10.1. The van der Waals surface area contributed by atoms with Gasteiger partial charge in [0.25, 0.3) is 0 Å². The van der Waals surface area contributed by atoms with Gasteiger partial charge in [0, 0.05) is 11.1 Å². The van der Waals surface area contributed by atoms with E-state index in [-0.39, 0.29) is 17.5 Å². The predicted octanol–water partition coefficient (Wildman–Crippen LogP) is 9.99. The minimum Gasteiger partial charge on any atom is -0.373 e. The summed E-state index contributed by atoms with van der Waals surface area (Å²) in [5.74, 6) is -1.34. The molecule has 1 heterocycles. The molecule has 1 fully saturated rings. The highest BCUT2D eigenvalue weighted by atomic mass is 19.2. The third-order valence-electron chi connectivity index (χ3n) is 7.44. The molecule has 0 aromatic heterocycles. The number of allylic oxidation sites excluding steroid dienone is 2. The topological polar surface area (TPSA) is 9.23 Å². The Balaban J connectivity index is 1.43. The summed E-state index contributed by atoms with van der Waals surface area (Å²) in [7, 11) is 0. The van der Waals surface area contributed by atoms with Crippen LogP contribution in [0.25, 0.3) is 22.3 Å². The highest BCUT2D eigenvalue weighted by Gasteiger charge is 2.23. The van der Waals surface area contributed by atoms with Crippen LogP contribution in [-0.4, -0.2) is 6.61 Å². The molecule has 0 spiro atoms. The molecule has 1 nitrogen and oxygen atoms in total. The average Bonchev–Trinajstić information content (AvgIpc) is 2.92. The fourth-order valence-electron chi connectivity index (χ4n) is 5.19. The minimum absolute atomic E-state index is 0.0628. The van der Waals surface area contributed by atoms with Gasteiger partial charge < -0.3 is 4.74 Å². The van der Waals surface area contributed by atoms with E-state index in [1.165, 1.54) is 25.7 Å². The van der Waals surface area contributed by atoms with E-state index in [1.54, 1.807) is 48.5 Å². The zero-order chi connectivity index (χ0) is 26.2. The predicted molar refractivity (Wildman–Crippen MR) is 146 cm³/mol. The number of aryl methyl sites for hydroxylation is 1. The van der Waals surface area contributed by atoms with Gasteiger partial charge in [0.05, 0.1) is 12.7 Å². The normalized spacial score (nSPS) is 18.0. The van der Waals surface area contributed by atoms with Crippen LogP contribution in [-0.2, 0) is 11.2 Å². The Labute approximate surface area is 219 Å². The largest absolute Gasteiger partial charge is 0.373 e.